The van der Waals surface area contributed by atoms with E-state index in [1.165, 1.54) is 10.6 Å². The number of hydrogen-bond donors (Lipinski definition) is 0. The Morgan fingerprint density at radius 1 is 1.14 bits per heavy atom. The molecule has 1 aromatic heterocycles. The van der Waals surface area contributed by atoms with E-state index in [0.29, 0.717) is 17.0 Å². The molecule has 2 heterocycles. The highest BCUT2D eigenvalue weighted by Gasteiger charge is 2.36. The van der Waals surface area contributed by atoms with Gasteiger partial charge in [-0.3, -0.25) is 9.36 Å². The van der Waals surface area contributed by atoms with Gasteiger partial charge in [-0.15, -0.1) is 0 Å². The number of aromatic nitrogens is 1. The smallest absolute Gasteiger partial charge is 0.255 e. The zero-order valence-electron chi connectivity index (χ0n) is 11.8. The molecule has 0 aliphatic carbocycles. The molecule has 3 rings (SSSR count). The Morgan fingerprint density at radius 2 is 1.86 bits per heavy atom. The summed E-state index contributed by atoms with van der Waals surface area (Å²) in [5.74, 6) is 0.673. The Hall–Kier alpha value is -2.80. The van der Waals surface area contributed by atoms with Crippen molar-refractivity contribution >= 4 is 5.70 Å². The average Bonchev–Trinajstić information content (AvgIpc) is 2.45. The van der Waals surface area contributed by atoms with E-state index in [9.17, 15) is 10.1 Å². The molecule has 2 aromatic rings. The van der Waals surface area contributed by atoms with Gasteiger partial charge in [-0.25, -0.2) is 0 Å². The van der Waals surface area contributed by atoms with Gasteiger partial charge in [-0.2, -0.15) is 5.26 Å². The Balaban J connectivity index is 2.42. The summed E-state index contributed by atoms with van der Waals surface area (Å²) in [7, 11) is 0. The molecular formula is C17H14N2O2. The minimum atomic E-state index is -0.784. The van der Waals surface area contributed by atoms with Crippen molar-refractivity contribution in [2.45, 2.75) is 19.4 Å². The van der Waals surface area contributed by atoms with Gasteiger partial charge in [0.2, 0.25) is 0 Å². The third-order valence-electron chi connectivity index (χ3n) is 3.52. The van der Waals surface area contributed by atoms with Crippen LogP contribution in [0.25, 0.3) is 5.70 Å². The van der Waals surface area contributed by atoms with Crippen LogP contribution >= 0.6 is 0 Å². The number of ether oxygens (including phenoxy) is 1. The molecule has 21 heavy (non-hydrogen) atoms. The second kappa shape index (κ2) is 4.64. The monoisotopic (exact) mass is 278 g/mol. The number of nitrogens with zero attached hydrogens (tertiary/aromatic N) is 2. The van der Waals surface area contributed by atoms with Crippen molar-refractivity contribution in [2.24, 2.45) is 0 Å². The second-order valence-corrected chi connectivity index (χ2v) is 5.35. The van der Waals surface area contributed by atoms with Crippen LogP contribution in [0, 0.1) is 11.3 Å². The van der Waals surface area contributed by atoms with E-state index in [0.717, 1.165) is 5.56 Å². The van der Waals surface area contributed by atoms with Crippen LogP contribution < -0.4 is 10.3 Å². The first kappa shape index (κ1) is 13.2. The van der Waals surface area contributed by atoms with Crippen LogP contribution in [-0.2, 0) is 0 Å². The summed E-state index contributed by atoms with van der Waals surface area (Å²) in [5, 5.41) is 9.57. The summed E-state index contributed by atoms with van der Waals surface area (Å²) >= 11 is 0. The normalized spacial score (nSPS) is 15.9. The largest absolute Gasteiger partial charge is 0.482 e. The molecule has 1 aliphatic heterocycles. The SMILES string of the molecule is CC1(C)Oc2ccccc2C(n2ccccc2=O)=C1C#N. The quantitative estimate of drug-likeness (QED) is 0.806. The lowest BCUT2D eigenvalue weighted by molar-refractivity contribution is 0.148. The Kier molecular flexibility index (Phi) is 2.91. The highest BCUT2D eigenvalue weighted by atomic mass is 16.5. The third-order valence-corrected chi connectivity index (χ3v) is 3.52. The van der Waals surface area contributed by atoms with Crippen LogP contribution in [-0.4, -0.2) is 10.2 Å². The number of fused-ring (bicyclic) bond motifs is 1. The lowest BCUT2D eigenvalue weighted by Gasteiger charge is -2.34. The van der Waals surface area contributed by atoms with Crippen LogP contribution in [0.3, 0.4) is 0 Å². The summed E-state index contributed by atoms with van der Waals surface area (Å²) in [6.07, 6.45) is 1.67. The van der Waals surface area contributed by atoms with Gasteiger partial charge < -0.3 is 4.74 Å². The van der Waals surface area contributed by atoms with Crippen LogP contribution in [0.5, 0.6) is 5.75 Å². The van der Waals surface area contributed by atoms with Crippen LogP contribution in [0.1, 0.15) is 19.4 Å². The van der Waals surface area contributed by atoms with E-state index >= 15 is 0 Å². The first-order valence-electron chi connectivity index (χ1n) is 6.66. The van der Waals surface area contributed by atoms with Gasteiger partial charge in [-0.1, -0.05) is 18.2 Å². The van der Waals surface area contributed by atoms with E-state index in [1.54, 1.807) is 18.3 Å². The zero-order valence-corrected chi connectivity index (χ0v) is 11.8. The minimum absolute atomic E-state index is 0.173. The molecule has 0 fully saturated rings. The number of para-hydroxylation sites is 1. The standard InChI is InChI=1S/C17H14N2O2/c1-17(2)13(11-18)16(19-10-6-5-9-15(19)20)12-7-3-4-8-14(12)21-17/h3-10H,1-2H3. The number of hydrogen-bond acceptors (Lipinski definition) is 3. The minimum Gasteiger partial charge on any atom is -0.482 e. The average molecular weight is 278 g/mol. The van der Waals surface area contributed by atoms with Crippen molar-refractivity contribution in [3.05, 3.63) is 70.2 Å². The van der Waals surface area contributed by atoms with Crippen molar-refractivity contribution < 1.29 is 4.74 Å². The maximum atomic E-state index is 12.2. The molecule has 0 atom stereocenters. The maximum absolute atomic E-state index is 12.2. The highest BCUT2D eigenvalue weighted by molar-refractivity contribution is 5.79. The fourth-order valence-corrected chi connectivity index (χ4v) is 2.55. The lowest BCUT2D eigenvalue weighted by atomic mass is 9.90. The zero-order chi connectivity index (χ0) is 15.0. The van der Waals surface area contributed by atoms with Crippen molar-refractivity contribution in [3.63, 3.8) is 0 Å². The van der Waals surface area contributed by atoms with Crippen molar-refractivity contribution in [1.29, 1.82) is 5.26 Å². The van der Waals surface area contributed by atoms with E-state index in [-0.39, 0.29) is 5.56 Å². The van der Waals surface area contributed by atoms with Gasteiger partial charge in [0.1, 0.15) is 17.4 Å². The Bertz CT molecular complexity index is 838. The molecule has 1 aliphatic rings. The molecule has 0 unspecified atom stereocenters. The molecule has 1 aromatic carbocycles. The van der Waals surface area contributed by atoms with E-state index in [2.05, 4.69) is 6.07 Å². The second-order valence-electron chi connectivity index (χ2n) is 5.35. The van der Waals surface area contributed by atoms with Gasteiger partial charge >= 0.3 is 0 Å². The fourth-order valence-electron chi connectivity index (χ4n) is 2.55. The first-order valence-corrected chi connectivity index (χ1v) is 6.66. The summed E-state index contributed by atoms with van der Waals surface area (Å²) in [6.45, 7) is 3.66. The number of rotatable bonds is 1. The molecule has 0 bridgehead atoms. The molecule has 0 N–H and O–H groups in total. The fraction of sp³-hybridized carbons (Fsp3) is 0.176. The highest BCUT2D eigenvalue weighted by Crippen LogP contribution is 2.40. The molecule has 4 heteroatoms. The van der Waals surface area contributed by atoms with Gasteiger partial charge in [0.05, 0.1) is 11.3 Å². The molecule has 0 saturated heterocycles. The lowest BCUT2D eigenvalue weighted by Crippen LogP contribution is -2.36. The molecule has 0 radical (unpaired) electrons. The summed E-state index contributed by atoms with van der Waals surface area (Å²) in [5.41, 5.74) is 0.826. The number of nitriles is 1. The van der Waals surface area contributed by atoms with Crippen molar-refractivity contribution in [3.8, 4) is 11.8 Å². The number of benzene rings is 1. The maximum Gasteiger partial charge on any atom is 0.255 e. The van der Waals surface area contributed by atoms with Crippen molar-refractivity contribution in [1.82, 2.24) is 4.57 Å². The van der Waals surface area contributed by atoms with Crippen molar-refractivity contribution in [2.75, 3.05) is 0 Å². The molecule has 4 nitrogen and oxygen atoms in total. The van der Waals surface area contributed by atoms with Crippen LogP contribution in [0.2, 0.25) is 0 Å². The van der Waals surface area contributed by atoms with E-state index in [4.69, 9.17) is 4.74 Å². The predicted molar refractivity (Wildman–Crippen MR) is 79.8 cm³/mol. The van der Waals surface area contributed by atoms with Gasteiger partial charge in [0.15, 0.2) is 0 Å². The molecular weight excluding hydrogens is 264 g/mol. The van der Waals surface area contributed by atoms with E-state index in [1.807, 2.05) is 38.1 Å². The molecule has 0 saturated carbocycles. The molecule has 0 amide bonds. The third kappa shape index (κ3) is 2.03. The topological polar surface area (TPSA) is 55.0 Å². The van der Waals surface area contributed by atoms with E-state index < -0.39 is 5.60 Å². The summed E-state index contributed by atoms with van der Waals surface area (Å²) < 4.78 is 7.42. The Labute approximate surface area is 122 Å². The summed E-state index contributed by atoms with van der Waals surface area (Å²) in [4.78, 5) is 12.2. The van der Waals surface area contributed by atoms with Gasteiger partial charge in [0.25, 0.3) is 5.56 Å². The Morgan fingerprint density at radius 3 is 2.57 bits per heavy atom. The van der Waals surface area contributed by atoms with Gasteiger partial charge in [0, 0.05) is 17.8 Å². The van der Waals surface area contributed by atoms with Crippen LogP contribution in [0.15, 0.2) is 59.0 Å². The number of pyridine rings is 1. The first-order chi connectivity index (χ1) is 10.0. The predicted octanol–water partition coefficient (Wildman–Crippen LogP) is 2.80. The van der Waals surface area contributed by atoms with Gasteiger partial charge in [-0.05, 0) is 32.0 Å². The molecule has 104 valence electrons. The summed E-state index contributed by atoms with van der Waals surface area (Å²) in [6, 6.07) is 14.6. The van der Waals surface area contributed by atoms with Crippen LogP contribution in [0.4, 0.5) is 0 Å². The molecule has 0 spiro atoms.